The maximum atomic E-state index is 13.0. The predicted octanol–water partition coefficient (Wildman–Crippen LogP) is 2.75. The molecule has 3 aliphatic heterocycles. The highest BCUT2D eigenvalue weighted by molar-refractivity contribution is 6.00. The summed E-state index contributed by atoms with van der Waals surface area (Å²) in [5.74, 6) is -0.612. The lowest BCUT2D eigenvalue weighted by molar-refractivity contribution is -0.188. The third kappa shape index (κ3) is 3.94. The Balaban J connectivity index is 1.34. The van der Waals surface area contributed by atoms with Gasteiger partial charge < -0.3 is 19.3 Å². The topological polar surface area (TPSA) is 59.1 Å². The fourth-order valence-electron chi connectivity index (χ4n) is 4.46. The van der Waals surface area contributed by atoms with Crippen molar-refractivity contribution in [1.29, 1.82) is 0 Å². The summed E-state index contributed by atoms with van der Waals surface area (Å²) in [4.78, 5) is 29.2. The van der Waals surface area contributed by atoms with Crippen molar-refractivity contribution in [2.24, 2.45) is 5.92 Å². The molecule has 3 heterocycles. The van der Waals surface area contributed by atoms with Gasteiger partial charge in [0.2, 0.25) is 11.8 Å². The summed E-state index contributed by atoms with van der Waals surface area (Å²) in [6.45, 7) is 5.20. The number of carbonyl (C=O) groups excluding carboxylic acids is 2. The van der Waals surface area contributed by atoms with Crippen LogP contribution in [0.2, 0.25) is 0 Å². The molecular formula is C22H30N2O4. The fourth-order valence-corrected chi connectivity index (χ4v) is 4.46. The smallest absolute Gasteiger partial charge is 0.228 e. The molecule has 1 spiro atoms. The van der Waals surface area contributed by atoms with Gasteiger partial charge in [-0.3, -0.25) is 9.59 Å². The lowest BCUT2D eigenvalue weighted by Gasteiger charge is -2.38. The monoisotopic (exact) mass is 386 g/mol. The van der Waals surface area contributed by atoms with Crippen LogP contribution in [-0.4, -0.2) is 55.3 Å². The molecule has 0 N–H and O–H groups in total. The standard InChI is InChI=1S/C22H30N2O4/c1-2-3-4-17-5-7-19(8-6-17)24-16-18(15-20(24)25)21(26)23-11-9-22(10-12-23)27-13-14-28-22/h5-8,18H,2-4,9-16H2,1H3. The summed E-state index contributed by atoms with van der Waals surface area (Å²) >= 11 is 0. The Kier molecular flexibility index (Phi) is 5.69. The molecule has 2 amide bonds. The van der Waals surface area contributed by atoms with E-state index >= 15 is 0 Å². The molecule has 3 saturated heterocycles. The van der Waals surface area contributed by atoms with Gasteiger partial charge in [-0.25, -0.2) is 0 Å². The third-order valence-electron chi connectivity index (χ3n) is 6.19. The minimum atomic E-state index is -0.478. The number of likely N-dealkylation sites (tertiary alicyclic amines) is 1. The first-order chi connectivity index (χ1) is 13.6. The number of anilines is 1. The zero-order chi connectivity index (χ0) is 19.6. The summed E-state index contributed by atoms with van der Waals surface area (Å²) in [7, 11) is 0. The normalized spacial score (nSPS) is 24.3. The average Bonchev–Trinajstić information content (AvgIpc) is 3.34. The molecule has 4 rings (SSSR count). The number of benzene rings is 1. The molecular weight excluding hydrogens is 356 g/mol. The van der Waals surface area contributed by atoms with Gasteiger partial charge in [0.05, 0.1) is 19.1 Å². The average molecular weight is 386 g/mol. The molecule has 152 valence electrons. The van der Waals surface area contributed by atoms with E-state index in [9.17, 15) is 9.59 Å². The highest BCUT2D eigenvalue weighted by Gasteiger charge is 2.43. The summed E-state index contributed by atoms with van der Waals surface area (Å²) in [5, 5.41) is 0. The molecule has 1 aromatic rings. The van der Waals surface area contributed by atoms with Gasteiger partial charge >= 0.3 is 0 Å². The highest BCUT2D eigenvalue weighted by Crippen LogP contribution is 2.33. The molecule has 1 atom stereocenters. The van der Waals surface area contributed by atoms with Crippen LogP contribution in [0.3, 0.4) is 0 Å². The van der Waals surface area contributed by atoms with E-state index in [0.717, 1.165) is 12.1 Å². The van der Waals surface area contributed by atoms with E-state index < -0.39 is 5.79 Å². The van der Waals surface area contributed by atoms with E-state index in [0.29, 0.717) is 52.1 Å². The Bertz CT molecular complexity index is 702. The minimum Gasteiger partial charge on any atom is -0.347 e. The Morgan fingerprint density at radius 2 is 1.82 bits per heavy atom. The number of hydrogen-bond acceptors (Lipinski definition) is 4. The van der Waals surface area contributed by atoms with Gasteiger partial charge in [0, 0.05) is 44.6 Å². The number of carbonyl (C=O) groups is 2. The number of ether oxygens (including phenoxy) is 2. The zero-order valence-electron chi connectivity index (χ0n) is 16.7. The molecule has 0 radical (unpaired) electrons. The molecule has 28 heavy (non-hydrogen) atoms. The number of nitrogens with zero attached hydrogens (tertiary/aromatic N) is 2. The van der Waals surface area contributed by atoms with Gasteiger partial charge in [-0.05, 0) is 30.5 Å². The van der Waals surface area contributed by atoms with Crippen molar-refractivity contribution in [3.05, 3.63) is 29.8 Å². The number of rotatable bonds is 5. The first-order valence-corrected chi connectivity index (χ1v) is 10.6. The Morgan fingerprint density at radius 3 is 2.46 bits per heavy atom. The van der Waals surface area contributed by atoms with Crippen molar-refractivity contribution in [3.8, 4) is 0 Å². The van der Waals surface area contributed by atoms with Crippen LogP contribution < -0.4 is 4.90 Å². The first kappa shape index (κ1) is 19.4. The van der Waals surface area contributed by atoms with Gasteiger partial charge in [-0.1, -0.05) is 25.5 Å². The molecule has 3 fully saturated rings. The van der Waals surface area contributed by atoms with E-state index in [2.05, 4.69) is 19.1 Å². The van der Waals surface area contributed by atoms with Gasteiger partial charge in [0.15, 0.2) is 5.79 Å². The first-order valence-electron chi connectivity index (χ1n) is 10.6. The van der Waals surface area contributed by atoms with Crippen LogP contribution in [0.25, 0.3) is 0 Å². The molecule has 6 nitrogen and oxygen atoms in total. The summed E-state index contributed by atoms with van der Waals surface area (Å²) < 4.78 is 11.5. The molecule has 6 heteroatoms. The Hall–Kier alpha value is -1.92. The zero-order valence-corrected chi connectivity index (χ0v) is 16.7. The van der Waals surface area contributed by atoms with E-state index in [-0.39, 0.29) is 17.7 Å². The van der Waals surface area contributed by atoms with Gasteiger partial charge in [0.25, 0.3) is 0 Å². The fraction of sp³-hybridized carbons (Fsp3) is 0.636. The van der Waals surface area contributed by atoms with Gasteiger partial charge in [0.1, 0.15) is 0 Å². The Labute approximate surface area is 166 Å². The molecule has 1 unspecified atom stereocenters. The van der Waals surface area contributed by atoms with Crippen LogP contribution in [0, 0.1) is 5.92 Å². The van der Waals surface area contributed by atoms with Crippen LogP contribution in [0.4, 0.5) is 5.69 Å². The summed E-state index contributed by atoms with van der Waals surface area (Å²) in [6.07, 6.45) is 5.13. The van der Waals surface area contributed by atoms with E-state index in [4.69, 9.17) is 9.47 Å². The van der Waals surface area contributed by atoms with Crippen molar-refractivity contribution in [2.45, 2.75) is 51.2 Å². The van der Waals surface area contributed by atoms with Crippen molar-refractivity contribution in [1.82, 2.24) is 4.90 Å². The van der Waals surface area contributed by atoms with E-state index in [1.54, 1.807) is 4.90 Å². The van der Waals surface area contributed by atoms with Gasteiger partial charge in [-0.15, -0.1) is 0 Å². The lowest BCUT2D eigenvalue weighted by atomic mass is 10.0. The molecule has 0 aliphatic carbocycles. The van der Waals surface area contributed by atoms with E-state index in [1.807, 2.05) is 17.0 Å². The lowest BCUT2D eigenvalue weighted by Crippen LogP contribution is -2.49. The third-order valence-corrected chi connectivity index (χ3v) is 6.19. The number of hydrogen-bond donors (Lipinski definition) is 0. The molecule has 3 aliphatic rings. The number of aryl methyl sites for hydroxylation is 1. The highest BCUT2D eigenvalue weighted by atomic mass is 16.7. The van der Waals surface area contributed by atoms with Crippen LogP contribution >= 0.6 is 0 Å². The molecule has 1 aromatic carbocycles. The maximum absolute atomic E-state index is 13.0. The minimum absolute atomic E-state index is 0.0376. The predicted molar refractivity (Wildman–Crippen MR) is 106 cm³/mol. The second-order valence-corrected chi connectivity index (χ2v) is 8.11. The quantitative estimate of drug-likeness (QED) is 0.781. The second kappa shape index (κ2) is 8.21. The number of unbranched alkanes of at least 4 members (excludes halogenated alkanes) is 1. The van der Waals surface area contributed by atoms with Crippen molar-refractivity contribution >= 4 is 17.5 Å². The molecule has 0 bridgehead atoms. The van der Waals surface area contributed by atoms with Crippen molar-refractivity contribution in [3.63, 3.8) is 0 Å². The second-order valence-electron chi connectivity index (χ2n) is 8.11. The Morgan fingerprint density at radius 1 is 1.14 bits per heavy atom. The summed E-state index contributed by atoms with van der Waals surface area (Å²) in [5.41, 5.74) is 2.19. The summed E-state index contributed by atoms with van der Waals surface area (Å²) in [6, 6.07) is 8.21. The maximum Gasteiger partial charge on any atom is 0.228 e. The number of amides is 2. The SMILES string of the molecule is CCCCc1ccc(N2CC(C(=O)N3CCC4(CC3)OCCO4)CC2=O)cc1. The largest absolute Gasteiger partial charge is 0.347 e. The van der Waals surface area contributed by atoms with Crippen LogP contribution in [-0.2, 0) is 25.5 Å². The molecule has 0 saturated carbocycles. The van der Waals surface area contributed by atoms with Crippen LogP contribution in [0.1, 0.15) is 44.6 Å². The van der Waals surface area contributed by atoms with E-state index in [1.165, 1.54) is 18.4 Å². The van der Waals surface area contributed by atoms with Crippen LogP contribution in [0.15, 0.2) is 24.3 Å². The molecule has 0 aromatic heterocycles. The van der Waals surface area contributed by atoms with Gasteiger partial charge in [-0.2, -0.15) is 0 Å². The van der Waals surface area contributed by atoms with Crippen molar-refractivity contribution < 1.29 is 19.1 Å². The van der Waals surface area contributed by atoms with Crippen LogP contribution in [0.5, 0.6) is 0 Å². The number of piperidine rings is 1. The van der Waals surface area contributed by atoms with Crippen molar-refractivity contribution in [2.75, 3.05) is 37.7 Å².